The van der Waals surface area contributed by atoms with Gasteiger partial charge in [0, 0.05) is 11.5 Å². The van der Waals surface area contributed by atoms with Crippen molar-refractivity contribution in [2.24, 2.45) is 5.92 Å². The summed E-state index contributed by atoms with van der Waals surface area (Å²) in [5, 5.41) is 0.207. The first kappa shape index (κ1) is 13.3. The lowest BCUT2D eigenvalue weighted by atomic mass is 9.90. The van der Waals surface area contributed by atoms with E-state index in [0.29, 0.717) is 5.56 Å². The maximum atomic E-state index is 11.9. The molecule has 3 heteroatoms. The highest BCUT2D eigenvalue weighted by Crippen LogP contribution is 2.28. The highest BCUT2D eigenvalue weighted by atomic mass is 32.2. The van der Waals surface area contributed by atoms with E-state index in [2.05, 4.69) is 0 Å². The molecule has 0 spiro atoms. The van der Waals surface area contributed by atoms with Crippen molar-refractivity contribution in [2.75, 3.05) is 5.75 Å². The largest absolute Gasteiger partial charge is 0.293 e. The summed E-state index contributed by atoms with van der Waals surface area (Å²) < 4.78 is 0. The van der Waals surface area contributed by atoms with Gasteiger partial charge in [-0.05, 0) is 12.8 Å². The molecule has 2 nitrogen and oxygen atoms in total. The number of benzene rings is 1. The van der Waals surface area contributed by atoms with Gasteiger partial charge in [-0.25, -0.2) is 0 Å². The van der Waals surface area contributed by atoms with Crippen molar-refractivity contribution in [3.05, 3.63) is 35.9 Å². The van der Waals surface area contributed by atoms with Gasteiger partial charge >= 0.3 is 0 Å². The predicted octanol–water partition coefficient (Wildman–Crippen LogP) is 3.71. The molecule has 0 saturated heterocycles. The predicted molar refractivity (Wildman–Crippen MR) is 74.8 cm³/mol. The SMILES string of the molecule is O=C(CSC(=O)C1CCCCC1)c1ccccc1. The van der Waals surface area contributed by atoms with Crippen LogP contribution >= 0.6 is 11.8 Å². The molecule has 18 heavy (non-hydrogen) atoms. The molecule has 0 aromatic heterocycles. The molecule has 0 N–H and O–H groups in total. The molecule has 0 amide bonds. The fraction of sp³-hybridized carbons (Fsp3) is 0.467. The molecule has 1 saturated carbocycles. The zero-order chi connectivity index (χ0) is 12.8. The van der Waals surface area contributed by atoms with Gasteiger partial charge in [-0.1, -0.05) is 61.4 Å². The number of carbonyl (C=O) groups is 2. The molecule has 2 rings (SSSR count). The van der Waals surface area contributed by atoms with Crippen molar-refractivity contribution in [1.29, 1.82) is 0 Å². The third kappa shape index (κ3) is 3.70. The van der Waals surface area contributed by atoms with Crippen LogP contribution in [-0.2, 0) is 4.79 Å². The highest BCUT2D eigenvalue weighted by Gasteiger charge is 2.22. The molecule has 1 aliphatic rings. The topological polar surface area (TPSA) is 34.1 Å². The van der Waals surface area contributed by atoms with Crippen LogP contribution < -0.4 is 0 Å². The molecule has 1 aromatic rings. The van der Waals surface area contributed by atoms with Gasteiger partial charge in [0.1, 0.15) is 0 Å². The summed E-state index contributed by atoms with van der Waals surface area (Å²) in [7, 11) is 0. The van der Waals surface area contributed by atoms with E-state index in [9.17, 15) is 9.59 Å². The molecule has 96 valence electrons. The van der Waals surface area contributed by atoms with E-state index in [4.69, 9.17) is 0 Å². The van der Waals surface area contributed by atoms with Gasteiger partial charge in [-0.15, -0.1) is 0 Å². The number of rotatable bonds is 4. The minimum Gasteiger partial charge on any atom is -0.293 e. The molecule has 0 atom stereocenters. The average molecular weight is 262 g/mol. The molecule has 1 aliphatic carbocycles. The number of hydrogen-bond acceptors (Lipinski definition) is 3. The van der Waals surface area contributed by atoms with Crippen LogP contribution in [0.5, 0.6) is 0 Å². The first-order valence-electron chi connectivity index (χ1n) is 6.52. The first-order valence-corrected chi connectivity index (χ1v) is 7.51. The molecule has 0 heterocycles. The normalized spacial score (nSPS) is 16.4. The zero-order valence-electron chi connectivity index (χ0n) is 10.4. The lowest BCUT2D eigenvalue weighted by Crippen LogP contribution is -2.16. The fourth-order valence-electron chi connectivity index (χ4n) is 2.30. The van der Waals surface area contributed by atoms with E-state index in [1.807, 2.05) is 18.2 Å². The second-order valence-corrected chi connectivity index (χ2v) is 5.71. The highest BCUT2D eigenvalue weighted by molar-refractivity contribution is 8.14. The summed E-state index contributed by atoms with van der Waals surface area (Å²) >= 11 is 1.20. The van der Waals surface area contributed by atoms with Gasteiger partial charge < -0.3 is 0 Å². The standard InChI is InChI=1S/C15H18O2S/c16-14(12-7-3-1-4-8-12)11-18-15(17)13-9-5-2-6-10-13/h1,3-4,7-8,13H,2,5-6,9-11H2. The summed E-state index contributed by atoms with van der Waals surface area (Å²) in [5.41, 5.74) is 0.696. The van der Waals surface area contributed by atoms with Gasteiger partial charge in [-0.3, -0.25) is 9.59 Å². The van der Waals surface area contributed by atoms with Crippen molar-refractivity contribution >= 4 is 22.7 Å². The molecular formula is C15H18O2S. The second-order valence-electron chi connectivity index (χ2n) is 4.73. The minimum absolute atomic E-state index is 0.0461. The number of Topliss-reactive ketones (excluding diaryl/α,β-unsaturated/α-hetero) is 1. The monoisotopic (exact) mass is 262 g/mol. The van der Waals surface area contributed by atoms with E-state index in [-0.39, 0.29) is 22.6 Å². The van der Waals surface area contributed by atoms with Crippen LogP contribution in [0.25, 0.3) is 0 Å². The molecule has 1 aromatic carbocycles. The van der Waals surface area contributed by atoms with E-state index in [0.717, 1.165) is 25.7 Å². The van der Waals surface area contributed by atoms with Gasteiger partial charge in [0.05, 0.1) is 5.75 Å². The van der Waals surface area contributed by atoms with Crippen LogP contribution in [0.3, 0.4) is 0 Å². The van der Waals surface area contributed by atoms with Crippen LogP contribution in [0, 0.1) is 5.92 Å². The van der Waals surface area contributed by atoms with Crippen molar-refractivity contribution in [3.8, 4) is 0 Å². The molecule has 1 fully saturated rings. The van der Waals surface area contributed by atoms with Gasteiger partial charge in [0.25, 0.3) is 0 Å². The van der Waals surface area contributed by atoms with E-state index >= 15 is 0 Å². The zero-order valence-corrected chi connectivity index (χ0v) is 11.2. The maximum Gasteiger partial charge on any atom is 0.192 e. The smallest absolute Gasteiger partial charge is 0.192 e. The van der Waals surface area contributed by atoms with Crippen molar-refractivity contribution in [3.63, 3.8) is 0 Å². The van der Waals surface area contributed by atoms with Crippen LogP contribution in [0.15, 0.2) is 30.3 Å². The van der Waals surface area contributed by atoms with E-state index in [1.54, 1.807) is 12.1 Å². The van der Waals surface area contributed by atoms with Gasteiger partial charge in [0.15, 0.2) is 10.9 Å². The second kappa shape index (κ2) is 6.74. The summed E-state index contributed by atoms with van der Waals surface area (Å²) in [6.07, 6.45) is 5.57. The lowest BCUT2D eigenvalue weighted by Gasteiger charge is -2.19. The van der Waals surface area contributed by atoms with E-state index in [1.165, 1.54) is 18.2 Å². The third-order valence-corrected chi connectivity index (χ3v) is 4.40. The van der Waals surface area contributed by atoms with Crippen molar-refractivity contribution < 1.29 is 9.59 Å². The Labute approximate surface area is 112 Å². The molecule has 0 aliphatic heterocycles. The molecule has 0 bridgehead atoms. The Kier molecular flexibility index (Phi) is 5.00. The Hall–Kier alpha value is -1.09. The van der Waals surface area contributed by atoms with Gasteiger partial charge in [0.2, 0.25) is 0 Å². The Balaban J connectivity index is 1.80. The van der Waals surface area contributed by atoms with Crippen LogP contribution in [-0.4, -0.2) is 16.7 Å². The Morgan fingerprint density at radius 2 is 1.72 bits per heavy atom. The van der Waals surface area contributed by atoms with Crippen molar-refractivity contribution in [1.82, 2.24) is 0 Å². The Morgan fingerprint density at radius 3 is 2.39 bits per heavy atom. The van der Waals surface area contributed by atoms with Crippen LogP contribution in [0.4, 0.5) is 0 Å². The number of hydrogen-bond donors (Lipinski definition) is 0. The fourth-order valence-corrected chi connectivity index (χ4v) is 3.21. The average Bonchev–Trinajstić information content (AvgIpc) is 2.46. The Bertz CT molecular complexity index is 408. The number of thioether (sulfide) groups is 1. The van der Waals surface area contributed by atoms with Gasteiger partial charge in [-0.2, -0.15) is 0 Å². The van der Waals surface area contributed by atoms with E-state index < -0.39 is 0 Å². The summed E-state index contributed by atoms with van der Waals surface area (Å²) in [5.74, 6) is 0.511. The first-order chi connectivity index (χ1) is 8.77. The quantitative estimate of drug-likeness (QED) is 0.776. The number of carbonyl (C=O) groups excluding carboxylic acids is 2. The Morgan fingerprint density at radius 1 is 1.06 bits per heavy atom. The third-order valence-electron chi connectivity index (χ3n) is 3.38. The molecular weight excluding hydrogens is 244 g/mol. The lowest BCUT2D eigenvalue weighted by molar-refractivity contribution is -0.115. The summed E-state index contributed by atoms with van der Waals surface area (Å²) in [6.45, 7) is 0. The van der Waals surface area contributed by atoms with Crippen molar-refractivity contribution in [2.45, 2.75) is 32.1 Å². The molecule has 0 unspecified atom stereocenters. The minimum atomic E-state index is 0.0461. The van der Waals surface area contributed by atoms with Crippen LogP contribution in [0.2, 0.25) is 0 Å². The summed E-state index contributed by atoms with van der Waals surface area (Å²) in [4.78, 5) is 23.8. The number of ketones is 1. The maximum absolute atomic E-state index is 11.9. The molecule has 0 radical (unpaired) electrons. The van der Waals surface area contributed by atoms with Crippen LogP contribution in [0.1, 0.15) is 42.5 Å². The summed E-state index contributed by atoms with van der Waals surface area (Å²) in [6, 6.07) is 9.18.